The second-order valence-corrected chi connectivity index (χ2v) is 5.11. The van der Waals surface area contributed by atoms with E-state index in [-0.39, 0.29) is 12.5 Å². The molecular formula is C14H21N3O3. The van der Waals surface area contributed by atoms with Crippen LogP contribution in [0.1, 0.15) is 12.0 Å². The van der Waals surface area contributed by atoms with E-state index in [1.807, 2.05) is 24.1 Å². The summed E-state index contributed by atoms with van der Waals surface area (Å²) in [4.78, 5) is 13.3. The fourth-order valence-corrected chi connectivity index (χ4v) is 2.43. The number of amides is 1. The van der Waals surface area contributed by atoms with Gasteiger partial charge in [-0.25, -0.2) is 0 Å². The van der Waals surface area contributed by atoms with Crippen molar-refractivity contribution in [2.75, 3.05) is 43.3 Å². The zero-order chi connectivity index (χ0) is 14.7. The minimum Gasteiger partial charge on any atom is -0.397 e. The van der Waals surface area contributed by atoms with Crippen molar-refractivity contribution in [1.82, 2.24) is 0 Å². The number of rotatable bonds is 5. The number of likely N-dealkylation sites (N-methyl/N-ethyl adjacent to an activating group) is 1. The first-order valence-corrected chi connectivity index (χ1v) is 6.61. The van der Waals surface area contributed by atoms with Gasteiger partial charge >= 0.3 is 0 Å². The number of carbonyl (C=O) groups is 1. The van der Waals surface area contributed by atoms with Crippen LogP contribution < -0.4 is 16.0 Å². The Bertz CT molecular complexity index is 505. The molecule has 2 rings (SSSR count). The molecule has 110 valence electrons. The molecule has 1 aromatic rings. The Labute approximate surface area is 118 Å². The molecule has 1 amide bonds. The van der Waals surface area contributed by atoms with E-state index < -0.39 is 6.10 Å². The largest absolute Gasteiger partial charge is 0.397 e. The molecule has 0 saturated heterocycles. The van der Waals surface area contributed by atoms with Crippen LogP contribution in [-0.2, 0) is 16.0 Å². The van der Waals surface area contributed by atoms with Crippen molar-refractivity contribution in [3.8, 4) is 0 Å². The van der Waals surface area contributed by atoms with Gasteiger partial charge in [0.05, 0.1) is 24.1 Å². The van der Waals surface area contributed by atoms with Crippen molar-refractivity contribution < 1.29 is 14.6 Å². The lowest BCUT2D eigenvalue weighted by Gasteiger charge is -2.26. The predicted octanol–water partition coefficient (Wildman–Crippen LogP) is 0.597. The van der Waals surface area contributed by atoms with E-state index in [1.165, 1.54) is 0 Å². The van der Waals surface area contributed by atoms with Gasteiger partial charge in [0.15, 0.2) is 0 Å². The number of anilines is 3. The molecule has 1 atom stereocenters. The second-order valence-electron chi connectivity index (χ2n) is 5.11. The van der Waals surface area contributed by atoms with Crippen LogP contribution in [0.2, 0.25) is 0 Å². The van der Waals surface area contributed by atoms with Crippen molar-refractivity contribution in [2.24, 2.45) is 0 Å². The Morgan fingerprint density at radius 1 is 1.50 bits per heavy atom. The molecule has 6 heteroatoms. The van der Waals surface area contributed by atoms with Crippen molar-refractivity contribution >= 4 is 23.0 Å². The van der Waals surface area contributed by atoms with Crippen molar-refractivity contribution in [2.45, 2.75) is 18.9 Å². The molecule has 0 saturated carbocycles. The molecule has 1 aromatic carbocycles. The molecule has 0 aromatic heterocycles. The summed E-state index contributed by atoms with van der Waals surface area (Å²) in [5.74, 6) is 0.0234. The van der Waals surface area contributed by atoms with E-state index in [2.05, 4.69) is 5.32 Å². The van der Waals surface area contributed by atoms with Gasteiger partial charge in [-0.3, -0.25) is 4.79 Å². The fourth-order valence-electron chi connectivity index (χ4n) is 2.43. The Kier molecular flexibility index (Phi) is 4.46. The maximum Gasteiger partial charge on any atom is 0.224 e. The summed E-state index contributed by atoms with van der Waals surface area (Å²) in [7, 11) is 3.40. The molecule has 6 nitrogen and oxygen atoms in total. The Morgan fingerprint density at radius 2 is 2.25 bits per heavy atom. The molecule has 0 radical (unpaired) electrons. The third-order valence-corrected chi connectivity index (χ3v) is 3.40. The molecule has 1 heterocycles. The normalized spacial score (nSPS) is 15.4. The number of hydrogen-bond donors (Lipinski definition) is 3. The topological polar surface area (TPSA) is 87.8 Å². The summed E-state index contributed by atoms with van der Waals surface area (Å²) in [5.41, 5.74) is 9.36. The number of nitrogens with one attached hydrogen (secondary N) is 1. The van der Waals surface area contributed by atoms with Crippen molar-refractivity contribution in [1.29, 1.82) is 0 Å². The molecule has 20 heavy (non-hydrogen) atoms. The number of carbonyl (C=O) groups excluding carboxylic acids is 1. The number of nitrogens with zero attached hydrogens (tertiary/aromatic N) is 1. The van der Waals surface area contributed by atoms with Crippen molar-refractivity contribution in [3.63, 3.8) is 0 Å². The number of ether oxygens (including phenoxy) is 1. The van der Waals surface area contributed by atoms with Gasteiger partial charge in [-0.15, -0.1) is 0 Å². The molecule has 1 aliphatic rings. The summed E-state index contributed by atoms with van der Waals surface area (Å²) < 4.78 is 4.91. The number of methoxy groups -OCH3 is 1. The molecular weight excluding hydrogens is 258 g/mol. The maximum absolute atomic E-state index is 11.4. The van der Waals surface area contributed by atoms with E-state index in [1.54, 1.807) is 7.11 Å². The van der Waals surface area contributed by atoms with Crippen LogP contribution >= 0.6 is 0 Å². The molecule has 0 fully saturated rings. The van der Waals surface area contributed by atoms with E-state index >= 15 is 0 Å². The number of fused-ring (bicyclic) bond motifs is 1. The summed E-state index contributed by atoms with van der Waals surface area (Å²) in [5, 5.41) is 12.6. The number of aliphatic hydroxyl groups is 1. The van der Waals surface area contributed by atoms with Crippen LogP contribution in [0.3, 0.4) is 0 Å². The third kappa shape index (κ3) is 3.20. The zero-order valence-corrected chi connectivity index (χ0v) is 11.8. The van der Waals surface area contributed by atoms with Gasteiger partial charge in [-0.05, 0) is 24.1 Å². The molecule has 0 bridgehead atoms. The number of benzene rings is 1. The SMILES string of the molecule is COCC(O)CN(C)c1cc2c(cc1N)CCC(=O)N2. The molecule has 1 unspecified atom stereocenters. The van der Waals surface area contributed by atoms with Crippen LogP contribution in [0, 0.1) is 0 Å². The van der Waals surface area contributed by atoms with Crippen LogP contribution in [0.15, 0.2) is 12.1 Å². The fraction of sp³-hybridized carbons (Fsp3) is 0.500. The van der Waals surface area contributed by atoms with Crippen LogP contribution in [-0.4, -0.2) is 44.4 Å². The quantitative estimate of drug-likeness (QED) is 0.687. The monoisotopic (exact) mass is 279 g/mol. The van der Waals surface area contributed by atoms with E-state index in [0.29, 0.717) is 25.1 Å². The van der Waals surface area contributed by atoms with Gasteiger partial charge in [0, 0.05) is 32.8 Å². The van der Waals surface area contributed by atoms with Crippen molar-refractivity contribution in [3.05, 3.63) is 17.7 Å². The van der Waals surface area contributed by atoms with Crippen LogP contribution in [0.5, 0.6) is 0 Å². The summed E-state index contributed by atoms with van der Waals surface area (Å²) in [6.45, 7) is 0.677. The van der Waals surface area contributed by atoms with Gasteiger partial charge in [0.1, 0.15) is 0 Å². The summed E-state index contributed by atoms with van der Waals surface area (Å²) in [6.07, 6.45) is 0.616. The number of aliphatic hydroxyl groups excluding tert-OH is 1. The minimum atomic E-state index is -0.588. The minimum absolute atomic E-state index is 0.0234. The molecule has 1 aliphatic heterocycles. The second kappa shape index (κ2) is 6.11. The van der Waals surface area contributed by atoms with E-state index in [0.717, 1.165) is 16.9 Å². The lowest BCUT2D eigenvalue weighted by molar-refractivity contribution is -0.116. The lowest BCUT2D eigenvalue weighted by Crippen LogP contribution is -2.32. The third-order valence-electron chi connectivity index (χ3n) is 3.40. The number of aryl methyl sites for hydroxylation is 1. The van der Waals surface area contributed by atoms with Gasteiger partial charge < -0.3 is 25.8 Å². The van der Waals surface area contributed by atoms with E-state index in [4.69, 9.17) is 10.5 Å². The highest BCUT2D eigenvalue weighted by atomic mass is 16.5. The number of nitrogens with two attached hydrogens (primary N) is 1. The highest BCUT2D eigenvalue weighted by molar-refractivity contribution is 5.95. The van der Waals surface area contributed by atoms with Crippen LogP contribution in [0.25, 0.3) is 0 Å². The average Bonchev–Trinajstić information content (AvgIpc) is 2.38. The first-order chi connectivity index (χ1) is 9.51. The lowest BCUT2D eigenvalue weighted by atomic mass is 10.0. The summed E-state index contributed by atoms with van der Waals surface area (Å²) in [6, 6.07) is 3.75. The number of nitrogen functional groups attached to an aromatic ring is 1. The molecule has 0 spiro atoms. The Hall–Kier alpha value is -1.79. The molecule has 4 N–H and O–H groups in total. The maximum atomic E-state index is 11.4. The highest BCUT2D eigenvalue weighted by Crippen LogP contribution is 2.32. The zero-order valence-electron chi connectivity index (χ0n) is 11.8. The van der Waals surface area contributed by atoms with Crippen LogP contribution in [0.4, 0.5) is 17.1 Å². The predicted molar refractivity (Wildman–Crippen MR) is 79.0 cm³/mol. The Balaban J connectivity index is 2.19. The first-order valence-electron chi connectivity index (χ1n) is 6.61. The smallest absolute Gasteiger partial charge is 0.224 e. The first kappa shape index (κ1) is 14.6. The Morgan fingerprint density at radius 3 is 2.95 bits per heavy atom. The summed E-state index contributed by atoms with van der Waals surface area (Å²) >= 11 is 0. The average molecular weight is 279 g/mol. The van der Waals surface area contributed by atoms with Gasteiger partial charge in [0.25, 0.3) is 0 Å². The number of hydrogen-bond acceptors (Lipinski definition) is 5. The van der Waals surface area contributed by atoms with Gasteiger partial charge in [-0.1, -0.05) is 0 Å². The highest BCUT2D eigenvalue weighted by Gasteiger charge is 2.19. The van der Waals surface area contributed by atoms with E-state index in [9.17, 15) is 9.90 Å². The standard InChI is InChI=1S/C14H21N3O3/c1-17(7-10(18)8-20-2)13-6-12-9(5-11(13)15)3-4-14(19)16-12/h5-6,10,18H,3-4,7-8,15H2,1-2H3,(H,16,19). The van der Waals surface area contributed by atoms with Gasteiger partial charge in [-0.2, -0.15) is 0 Å². The van der Waals surface area contributed by atoms with Gasteiger partial charge in [0.2, 0.25) is 5.91 Å². The molecule has 0 aliphatic carbocycles.